The minimum absolute atomic E-state index is 0.514. The standard InChI is InChI=1S/C8H13N3/c1-5(2)8-10-6-3-9-4-7(6)11-8/h5,9H,3-4H2,1-2H3,(H,10,11). The van der Waals surface area contributed by atoms with Gasteiger partial charge in [0.1, 0.15) is 5.82 Å². The summed E-state index contributed by atoms with van der Waals surface area (Å²) in [6.45, 7) is 6.19. The smallest absolute Gasteiger partial charge is 0.109 e. The molecule has 2 heterocycles. The highest BCUT2D eigenvalue weighted by Crippen LogP contribution is 2.16. The van der Waals surface area contributed by atoms with E-state index in [9.17, 15) is 0 Å². The second kappa shape index (κ2) is 2.34. The summed E-state index contributed by atoms with van der Waals surface area (Å²) in [6.07, 6.45) is 0. The summed E-state index contributed by atoms with van der Waals surface area (Å²) in [6, 6.07) is 0. The molecular formula is C8H13N3. The predicted octanol–water partition coefficient (Wildman–Crippen LogP) is 1.14. The number of hydrogen-bond acceptors (Lipinski definition) is 2. The molecule has 0 amide bonds. The molecule has 60 valence electrons. The molecule has 0 aliphatic carbocycles. The molecule has 0 spiro atoms. The first kappa shape index (κ1) is 6.85. The minimum atomic E-state index is 0.514. The van der Waals surface area contributed by atoms with E-state index >= 15 is 0 Å². The molecule has 0 saturated carbocycles. The van der Waals surface area contributed by atoms with Gasteiger partial charge in [-0.3, -0.25) is 0 Å². The Morgan fingerprint density at radius 2 is 2.18 bits per heavy atom. The van der Waals surface area contributed by atoms with E-state index in [0.717, 1.165) is 18.9 Å². The number of nitrogens with zero attached hydrogens (tertiary/aromatic N) is 1. The Morgan fingerprint density at radius 1 is 1.36 bits per heavy atom. The third-order valence-corrected chi connectivity index (χ3v) is 2.02. The van der Waals surface area contributed by atoms with Gasteiger partial charge in [-0.1, -0.05) is 13.8 Å². The molecule has 1 aliphatic rings. The van der Waals surface area contributed by atoms with Crippen LogP contribution in [0.25, 0.3) is 0 Å². The fraction of sp³-hybridized carbons (Fsp3) is 0.625. The highest BCUT2D eigenvalue weighted by molar-refractivity contribution is 5.19. The molecule has 0 saturated heterocycles. The number of fused-ring (bicyclic) bond motifs is 1. The van der Waals surface area contributed by atoms with Crippen LogP contribution >= 0.6 is 0 Å². The molecule has 11 heavy (non-hydrogen) atoms. The SMILES string of the molecule is CC(C)c1nc2c([nH]1)CNC2. The first-order chi connectivity index (χ1) is 5.27. The molecule has 2 rings (SSSR count). The number of nitrogens with one attached hydrogen (secondary N) is 2. The normalized spacial score (nSPS) is 15.9. The van der Waals surface area contributed by atoms with Gasteiger partial charge in [0.05, 0.1) is 11.4 Å². The zero-order valence-electron chi connectivity index (χ0n) is 6.94. The number of hydrogen-bond donors (Lipinski definition) is 2. The van der Waals surface area contributed by atoms with Crippen LogP contribution in [0.1, 0.15) is 37.0 Å². The average Bonchev–Trinajstić information content (AvgIpc) is 2.40. The summed E-state index contributed by atoms with van der Waals surface area (Å²) in [4.78, 5) is 7.79. The Hall–Kier alpha value is -0.830. The summed E-state index contributed by atoms with van der Waals surface area (Å²) in [5.74, 6) is 1.64. The van der Waals surface area contributed by atoms with Crippen molar-refractivity contribution in [3.05, 3.63) is 17.2 Å². The van der Waals surface area contributed by atoms with E-state index < -0.39 is 0 Å². The molecule has 0 unspecified atom stereocenters. The van der Waals surface area contributed by atoms with Gasteiger partial charge in [0, 0.05) is 19.0 Å². The Labute approximate surface area is 66.2 Å². The van der Waals surface area contributed by atoms with Crippen molar-refractivity contribution in [2.75, 3.05) is 0 Å². The van der Waals surface area contributed by atoms with Crippen molar-refractivity contribution < 1.29 is 0 Å². The largest absolute Gasteiger partial charge is 0.344 e. The van der Waals surface area contributed by atoms with E-state index in [4.69, 9.17) is 0 Å². The van der Waals surface area contributed by atoms with Crippen molar-refractivity contribution in [3.8, 4) is 0 Å². The predicted molar refractivity (Wildman–Crippen MR) is 43.2 cm³/mol. The van der Waals surface area contributed by atoms with E-state index in [0.29, 0.717) is 5.92 Å². The van der Waals surface area contributed by atoms with E-state index in [2.05, 4.69) is 29.1 Å². The number of aromatic nitrogens is 2. The highest BCUT2D eigenvalue weighted by Gasteiger charge is 2.15. The van der Waals surface area contributed by atoms with Crippen molar-refractivity contribution in [2.24, 2.45) is 0 Å². The zero-order valence-corrected chi connectivity index (χ0v) is 6.94. The number of rotatable bonds is 1. The molecular weight excluding hydrogens is 138 g/mol. The lowest BCUT2D eigenvalue weighted by Gasteiger charge is -1.98. The average molecular weight is 151 g/mol. The molecule has 2 N–H and O–H groups in total. The fourth-order valence-corrected chi connectivity index (χ4v) is 1.34. The maximum absolute atomic E-state index is 4.47. The topological polar surface area (TPSA) is 40.7 Å². The van der Waals surface area contributed by atoms with E-state index in [1.807, 2.05) is 0 Å². The van der Waals surface area contributed by atoms with Crippen LogP contribution in [0.2, 0.25) is 0 Å². The van der Waals surface area contributed by atoms with Crippen molar-refractivity contribution >= 4 is 0 Å². The van der Waals surface area contributed by atoms with Crippen molar-refractivity contribution in [1.82, 2.24) is 15.3 Å². The van der Waals surface area contributed by atoms with E-state index in [1.165, 1.54) is 11.4 Å². The van der Waals surface area contributed by atoms with Crippen LogP contribution in [0.5, 0.6) is 0 Å². The lowest BCUT2D eigenvalue weighted by atomic mass is 10.2. The van der Waals surface area contributed by atoms with Gasteiger partial charge in [-0.2, -0.15) is 0 Å². The van der Waals surface area contributed by atoms with Crippen LogP contribution in [0.3, 0.4) is 0 Å². The summed E-state index contributed by atoms with van der Waals surface area (Å²) in [7, 11) is 0. The fourth-order valence-electron chi connectivity index (χ4n) is 1.34. The molecule has 0 radical (unpaired) electrons. The summed E-state index contributed by atoms with van der Waals surface area (Å²) >= 11 is 0. The van der Waals surface area contributed by atoms with Crippen molar-refractivity contribution in [2.45, 2.75) is 32.9 Å². The van der Waals surface area contributed by atoms with E-state index in [-0.39, 0.29) is 0 Å². The lowest BCUT2D eigenvalue weighted by molar-refractivity contribution is 0.714. The molecule has 3 heteroatoms. The van der Waals surface area contributed by atoms with Gasteiger partial charge in [0.2, 0.25) is 0 Å². The lowest BCUT2D eigenvalue weighted by Crippen LogP contribution is -2.04. The Balaban J connectivity index is 2.34. The molecule has 0 aromatic carbocycles. The third kappa shape index (κ3) is 1.05. The zero-order chi connectivity index (χ0) is 7.84. The van der Waals surface area contributed by atoms with Gasteiger partial charge in [0.25, 0.3) is 0 Å². The second-order valence-electron chi connectivity index (χ2n) is 3.31. The van der Waals surface area contributed by atoms with Crippen molar-refractivity contribution in [1.29, 1.82) is 0 Å². The maximum Gasteiger partial charge on any atom is 0.109 e. The second-order valence-corrected chi connectivity index (χ2v) is 3.31. The maximum atomic E-state index is 4.47. The monoisotopic (exact) mass is 151 g/mol. The number of aromatic amines is 1. The molecule has 1 aliphatic heterocycles. The van der Waals surface area contributed by atoms with Crippen LogP contribution in [0, 0.1) is 0 Å². The number of H-pyrrole nitrogens is 1. The first-order valence-electron chi connectivity index (χ1n) is 4.05. The van der Waals surface area contributed by atoms with Crippen LogP contribution in [0.4, 0.5) is 0 Å². The van der Waals surface area contributed by atoms with Gasteiger partial charge in [0.15, 0.2) is 0 Å². The number of imidazole rings is 1. The molecule has 0 bridgehead atoms. The Bertz CT molecular complexity index is 241. The van der Waals surface area contributed by atoms with Crippen LogP contribution in [0.15, 0.2) is 0 Å². The van der Waals surface area contributed by atoms with Crippen LogP contribution in [-0.4, -0.2) is 9.97 Å². The minimum Gasteiger partial charge on any atom is -0.344 e. The highest BCUT2D eigenvalue weighted by atomic mass is 15.0. The quantitative estimate of drug-likeness (QED) is 0.631. The molecule has 0 fully saturated rings. The van der Waals surface area contributed by atoms with Crippen LogP contribution < -0.4 is 5.32 Å². The summed E-state index contributed by atoms with van der Waals surface area (Å²) in [5, 5.41) is 3.24. The van der Waals surface area contributed by atoms with Crippen LogP contribution in [-0.2, 0) is 13.1 Å². The summed E-state index contributed by atoms with van der Waals surface area (Å²) in [5.41, 5.74) is 2.47. The van der Waals surface area contributed by atoms with Gasteiger partial charge in [-0.25, -0.2) is 4.98 Å². The molecule has 1 aromatic rings. The first-order valence-corrected chi connectivity index (χ1v) is 4.05. The van der Waals surface area contributed by atoms with E-state index in [1.54, 1.807) is 0 Å². The molecule has 1 aromatic heterocycles. The molecule has 3 nitrogen and oxygen atoms in total. The van der Waals surface area contributed by atoms with Gasteiger partial charge in [-0.05, 0) is 0 Å². The van der Waals surface area contributed by atoms with Gasteiger partial charge < -0.3 is 10.3 Å². The Morgan fingerprint density at radius 3 is 2.82 bits per heavy atom. The van der Waals surface area contributed by atoms with Gasteiger partial charge >= 0.3 is 0 Å². The third-order valence-electron chi connectivity index (χ3n) is 2.02. The van der Waals surface area contributed by atoms with Gasteiger partial charge in [-0.15, -0.1) is 0 Å². The van der Waals surface area contributed by atoms with Crippen molar-refractivity contribution in [3.63, 3.8) is 0 Å². The molecule has 0 atom stereocenters. The summed E-state index contributed by atoms with van der Waals surface area (Å²) < 4.78 is 0. The Kier molecular flexibility index (Phi) is 1.46.